The van der Waals surface area contributed by atoms with Crippen LogP contribution >= 0.6 is 0 Å². The molecule has 0 saturated carbocycles. The molecule has 17 heavy (non-hydrogen) atoms. The summed E-state index contributed by atoms with van der Waals surface area (Å²) in [5.41, 5.74) is 3.95. The van der Waals surface area contributed by atoms with E-state index < -0.39 is 0 Å². The number of aryl methyl sites for hydroxylation is 2. The molecule has 2 nitrogen and oxygen atoms in total. The van der Waals surface area contributed by atoms with Crippen molar-refractivity contribution in [1.29, 1.82) is 0 Å². The van der Waals surface area contributed by atoms with E-state index in [1.54, 1.807) is 0 Å². The summed E-state index contributed by atoms with van der Waals surface area (Å²) < 4.78 is 6.24. The third kappa shape index (κ3) is 2.70. The molecule has 1 fully saturated rings. The summed E-state index contributed by atoms with van der Waals surface area (Å²) in [5.74, 6) is 0. The molecule has 1 aliphatic rings. The predicted octanol–water partition coefficient (Wildman–Crippen LogP) is 3.13. The minimum absolute atomic E-state index is 0.0261. The van der Waals surface area contributed by atoms with E-state index >= 15 is 0 Å². The quantitative estimate of drug-likeness (QED) is 0.847. The number of hydrogen-bond acceptors (Lipinski definition) is 2. The van der Waals surface area contributed by atoms with E-state index in [2.05, 4.69) is 51.2 Å². The van der Waals surface area contributed by atoms with Crippen LogP contribution in [0.25, 0.3) is 0 Å². The highest BCUT2D eigenvalue weighted by Gasteiger charge is 2.31. The Bertz CT molecular complexity index is 402. The maximum atomic E-state index is 6.24. The van der Waals surface area contributed by atoms with Crippen molar-refractivity contribution in [2.75, 3.05) is 13.1 Å². The maximum Gasteiger partial charge on any atom is 0.0957 e. The van der Waals surface area contributed by atoms with Gasteiger partial charge in [-0.25, -0.2) is 0 Å². The summed E-state index contributed by atoms with van der Waals surface area (Å²) in [6, 6.07) is 6.63. The van der Waals surface area contributed by atoms with Crippen LogP contribution in [0.2, 0.25) is 0 Å². The number of hydrogen-bond donors (Lipinski definition) is 1. The molecule has 0 radical (unpaired) electrons. The van der Waals surface area contributed by atoms with E-state index in [1.165, 1.54) is 16.7 Å². The van der Waals surface area contributed by atoms with E-state index in [-0.39, 0.29) is 11.7 Å². The van der Waals surface area contributed by atoms with Gasteiger partial charge in [-0.1, -0.05) is 25.1 Å². The van der Waals surface area contributed by atoms with Gasteiger partial charge in [0.15, 0.2) is 0 Å². The zero-order chi connectivity index (χ0) is 12.5. The minimum Gasteiger partial charge on any atom is -0.365 e. The van der Waals surface area contributed by atoms with Crippen molar-refractivity contribution >= 4 is 0 Å². The highest BCUT2D eigenvalue weighted by Crippen LogP contribution is 2.29. The third-order valence-electron chi connectivity index (χ3n) is 3.91. The largest absolute Gasteiger partial charge is 0.365 e. The van der Waals surface area contributed by atoms with Crippen LogP contribution in [0, 0.1) is 13.8 Å². The zero-order valence-electron chi connectivity index (χ0n) is 11.3. The standard InChI is InChI=1S/C15H23NO/c1-5-15(4)10-16-9-14(17-15)13-7-6-11(2)12(3)8-13/h6-8,14,16H,5,9-10H2,1-4H3. The van der Waals surface area contributed by atoms with E-state index in [0.717, 1.165) is 19.5 Å². The van der Waals surface area contributed by atoms with Gasteiger partial charge in [-0.3, -0.25) is 0 Å². The monoisotopic (exact) mass is 233 g/mol. The van der Waals surface area contributed by atoms with Crippen molar-refractivity contribution in [3.8, 4) is 0 Å². The van der Waals surface area contributed by atoms with Gasteiger partial charge in [0, 0.05) is 13.1 Å². The highest BCUT2D eigenvalue weighted by atomic mass is 16.5. The summed E-state index contributed by atoms with van der Waals surface area (Å²) in [7, 11) is 0. The van der Waals surface area contributed by atoms with Crippen molar-refractivity contribution in [3.63, 3.8) is 0 Å². The van der Waals surface area contributed by atoms with Crippen molar-refractivity contribution < 1.29 is 4.74 Å². The number of nitrogens with one attached hydrogen (secondary N) is 1. The van der Waals surface area contributed by atoms with Crippen LogP contribution in [-0.2, 0) is 4.74 Å². The van der Waals surface area contributed by atoms with Gasteiger partial charge in [-0.2, -0.15) is 0 Å². The second-order valence-electron chi connectivity index (χ2n) is 5.38. The predicted molar refractivity (Wildman–Crippen MR) is 71.3 cm³/mol. The summed E-state index contributed by atoms with van der Waals surface area (Å²) >= 11 is 0. The van der Waals surface area contributed by atoms with Crippen LogP contribution in [0.15, 0.2) is 18.2 Å². The van der Waals surface area contributed by atoms with E-state index in [0.29, 0.717) is 0 Å². The Hall–Kier alpha value is -0.860. The van der Waals surface area contributed by atoms with E-state index in [4.69, 9.17) is 4.74 Å². The first kappa shape index (κ1) is 12.6. The molecule has 1 aliphatic heterocycles. The Labute approximate surface area is 104 Å². The van der Waals surface area contributed by atoms with Gasteiger partial charge in [0.2, 0.25) is 0 Å². The Morgan fingerprint density at radius 3 is 2.76 bits per heavy atom. The first-order valence-corrected chi connectivity index (χ1v) is 6.50. The normalized spacial score (nSPS) is 29.3. The van der Waals surface area contributed by atoms with Crippen LogP contribution in [0.1, 0.15) is 43.1 Å². The minimum atomic E-state index is -0.0261. The molecule has 2 rings (SSSR count). The molecule has 1 heterocycles. The molecule has 0 aromatic heterocycles. The first-order valence-electron chi connectivity index (χ1n) is 6.50. The molecule has 1 N–H and O–H groups in total. The molecular weight excluding hydrogens is 210 g/mol. The zero-order valence-corrected chi connectivity index (χ0v) is 11.3. The molecule has 0 amide bonds. The smallest absolute Gasteiger partial charge is 0.0957 e. The lowest BCUT2D eigenvalue weighted by Gasteiger charge is -2.39. The lowest BCUT2D eigenvalue weighted by molar-refractivity contribution is -0.109. The summed E-state index contributed by atoms with van der Waals surface area (Å²) in [6.07, 6.45) is 1.23. The van der Waals surface area contributed by atoms with Crippen LogP contribution < -0.4 is 5.32 Å². The first-order chi connectivity index (χ1) is 8.04. The van der Waals surface area contributed by atoms with Crippen molar-refractivity contribution in [2.45, 2.75) is 45.8 Å². The van der Waals surface area contributed by atoms with Crippen molar-refractivity contribution in [2.24, 2.45) is 0 Å². The van der Waals surface area contributed by atoms with Crippen LogP contribution in [0.5, 0.6) is 0 Å². The molecule has 1 aromatic rings. The van der Waals surface area contributed by atoms with E-state index in [1.807, 2.05) is 0 Å². The van der Waals surface area contributed by atoms with Crippen LogP contribution in [0.4, 0.5) is 0 Å². The number of rotatable bonds is 2. The molecule has 0 bridgehead atoms. The Balaban J connectivity index is 2.19. The molecule has 1 saturated heterocycles. The second-order valence-corrected chi connectivity index (χ2v) is 5.38. The SMILES string of the molecule is CCC1(C)CNCC(c2ccc(C)c(C)c2)O1. The summed E-state index contributed by atoms with van der Waals surface area (Å²) in [5, 5.41) is 3.48. The van der Waals surface area contributed by atoms with Crippen molar-refractivity contribution in [1.82, 2.24) is 5.32 Å². The van der Waals surface area contributed by atoms with Crippen LogP contribution in [-0.4, -0.2) is 18.7 Å². The molecule has 2 atom stereocenters. The molecule has 94 valence electrons. The van der Waals surface area contributed by atoms with Gasteiger partial charge in [-0.15, -0.1) is 0 Å². The fourth-order valence-corrected chi connectivity index (χ4v) is 2.25. The lowest BCUT2D eigenvalue weighted by atomic mass is 9.97. The second kappa shape index (κ2) is 4.79. The highest BCUT2D eigenvalue weighted by molar-refractivity contribution is 5.31. The topological polar surface area (TPSA) is 21.3 Å². The molecule has 0 aliphatic carbocycles. The number of morpholine rings is 1. The molecule has 1 aromatic carbocycles. The average molecular weight is 233 g/mol. The molecule has 0 spiro atoms. The van der Waals surface area contributed by atoms with Crippen molar-refractivity contribution in [3.05, 3.63) is 34.9 Å². The molecular formula is C15H23NO. The van der Waals surface area contributed by atoms with Crippen LogP contribution in [0.3, 0.4) is 0 Å². The fourth-order valence-electron chi connectivity index (χ4n) is 2.25. The fraction of sp³-hybridized carbons (Fsp3) is 0.600. The number of benzene rings is 1. The summed E-state index contributed by atoms with van der Waals surface area (Å²) in [6.45, 7) is 10.5. The van der Waals surface area contributed by atoms with E-state index in [9.17, 15) is 0 Å². The molecule has 2 unspecified atom stereocenters. The number of ether oxygens (including phenoxy) is 1. The maximum absolute atomic E-state index is 6.24. The van der Waals surface area contributed by atoms with Gasteiger partial charge in [0.1, 0.15) is 0 Å². The Morgan fingerprint density at radius 2 is 2.12 bits per heavy atom. The van der Waals surface area contributed by atoms with Gasteiger partial charge in [-0.05, 0) is 43.9 Å². The summed E-state index contributed by atoms with van der Waals surface area (Å²) in [4.78, 5) is 0. The lowest BCUT2D eigenvalue weighted by Crippen LogP contribution is -2.48. The third-order valence-corrected chi connectivity index (χ3v) is 3.91. The van der Waals surface area contributed by atoms with Gasteiger partial charge in [0.05, 0.1) is 11.7 Å². The van der Waals surface area contributed by atoms with Gasteiger partial charge in [0.25, 0.3) is 0 Å². The van der Waals surface area contributed by atoms with Gasteiger partial charge >= 0.3 is 0 Å². The Morgan fingerprint density at radius 1 is 1.35 bits per heavy atom. The molecule has 2 heteroatoms. The van der Waals surface area contributed by atoms with Gasteiger partial charge < -0.3 is 10.1 Å². The average Bonchev–Trinajstić information content (AvgIpc) is 2.33. The Kier molecular flexibility index (Phi) is 3.55.